The molecule has 8 heteroatoms. The van der Waals surface area contributed by atoms with Gasteiger partial charge in [0, 0.05) is 11.3 Å². The molecule has 1 amide bonds. The Kier molecular flexibility index (Phi) is 5.58. The van der Waals surface area contributed by atoms with E-state index in [1.807, 2.05) is 49.6 Å². The minimum atomic E-state index is -0.621. The molecule has 0 saturated carbocycles. The third-order valence-corrected chi connectivity index (χ3v) is 7.39. The SMILES string of the molecule is CSc1ccc(C2c3c(oc4ccc(C)cc4c3=O)C(=O)N2c2nnc(CC(C)C)s2)cc1. The van der Waals surface area contributed by atoms with Crippen LogP contribution in [0.25, 0.3) is 11.0 Å². The number of nitrogens with zero attached hydrogens (tertiary/aromatic N) is 3. The molecule has 2 aromatic heterocycles. The van der Waals surface area contributed by atoms with Crippen molar-refractivity contribution in [3.05, 3.63) is 80.1 Å². The first-order valence-electron chi connectivity index (χ1n) is 10.7. The molecule has 1 aliphatic rings. The summed E-state index contributed by atoms with van der Waals surface area (Å²) in [5.41, 5.74) is 2.38. The number of aryl methyl sites for hydroxylation is 1. The van der Waals surface area contributed by atoms with Gasteiger partial charge in [-0.3, -0.25) is 14.5 Å². The van der Waals surface area contributed by atoms with Gasteiger partial charge in [-0.1, -0.05) is 48.9 Å². The minimum absolute atomic E-state index is 0.0795. The molecule has 0 spiro atoms. The van der Waals surface area contributed by atoms with Crippen molar-refractivity contribution in [3.63, 3.8) is 0 Å². The smallest absolute Gasteiger partial charge is 0.297 e. The van der Waals surface area contributed by atoms with E-state index in [4.69, 9.17) is 4.42 Å². The highest BCUT2D eigenvalue weighted by Gasteiger charge is 2.45. The highest BCUT2D eigenvalue weighted by Crippen LogP contribution is 2.42. The van der Waals surface area contributed by atoms with Crippen LogP contribution in [0, 0.1) is 12.8 Å². The Morgan fingerprint density at radius 2 is 1.88 bits per heavy atom. The number of carbonyl (C=O) groups is 1. The largest absolute Gasteiger partial charge is 0.450 e. The molecule has 4 aromatic rings. The van der Waals surface area contributed by atoms with Gasteiger partial charge in [0.15, 0.2) is 5.43 Å². The summed E-state index contributed by atoms with van der Waals surface area (Å²) in [7, 11) is 0. The van der Waals surface area contributed by atoms with E-state index in [9.17, 15) is 9.59 Å². The highest BCUT2D eigenvalue weighted by atomic mass is 32.2. The fourth-order valence-corrected chi connectivity index (χ4v) is 5.65. The van der Waals surface area contributed by atoms with Crippen LogP contribution in [0.1, 0.15) is 52.1 Å². The summed E-state index contributed by atoms with van der Waals surface area (Å²) in [5, 5.41) is 10.5. The normalized spacial score (nSPS) is 15.6. The molecule has 168 valence electrons. The summed E-state index contributed by atoms with van der Waals surface area (Å²) in [5.74, 6) is 0.135. The fraction of sp³-hybridized carbons (Fsp3) is 0.280. The van der Waals surface area contributed by atoms with E-state index in [1.165, 1.54) is 11.3 Å². The summed E-state index contributed by atoms with van der Waals surface area (Å²) in [4.78, 5) is 30.0. The van der Waals surface area contributed by atoms with E-state index in [2.05, 4.69) is 24.0 Å². The molecule has 0 aliphatic carbocycles. The monoisotopic (exact) mass is 477 g/mol. The third kappa shape index (κ3) is 3.77. The van der Waals surface area contributed by atoms with E-state index in [0.717, 1.165) is 27.5 Å². The standard InChI is InChI=1S/C25H23N3O3S2/c1-13(2)11-19-26-27-25(33-19)28-21(15-6-8-16(32-4)9-7-15)20-22(29)17-12-14(3)5-10-18(17)31-23(20)24(28)30/h5-10,12-13,21H,11H2,1-4H3. The second kappa shape index (κ2) is 8.43. The molecule has 1 atom stereocenters. The summed E-state index contributed by atoms with van der Waals surface area (Å²) in [6, 6.07) is 12.7. The first-order valence-corrected chi connectivity index (χ1v) is 12.8. The molecule has 0 radical (unpaired) electrons. The van der Waals surface area contributed by atoms with Crippen molar-refractivity contribution >= 4 is 45.1 Å². The molecular weight excluding hydrogens is 454 g/mol. The number of carbonyl (C=O) groups excluding carboxylic acids is 1. The van der Waals surface area contributed by atoms with Gasteiger partial charge < -0.3 is 4.42 Å². The van der Waals surface area contributed by atoms with Crippen LogP contribution in [0.5, 0.6) is 0 Å². The Labute approximate surface area is 199 Å². The van der Waals surface area contributed by atoms with Gasteiger partial charge in [0.05, 0.1) is 17.0 Å². The highest BCUT2D eigenvalue weighted by molar-refractivity contribution is 7.98. The number of rotatable bonds is 5. The van der Waals surface area contributed by atoms with Gasteiger partial charge in [0.2, 0.25) is 10.9 Å². The number of hydrogen-bond acceptors (Lipinski definition) is 7. The average molecular weight is 478 g/mol. The van der Waals surface area contributed by atoms with E-state index in [1.54, 1.807) is 22.7 Å². The summed E-state index contributed by atoms with van der Waals surface area (Å²) in [6.07, 6.45) is 2.79. The summed E-state index contributed by atoms with van der Waals surface area (Å²) in [6.45, 7) is 6.16. The van der Waals surface area contributed by atoms with Crippen LogP contribution >= 0.6 is 23.1 Å². The number of hydrogen-bond donors (Lipinski definition) is 0. The van der Waals surface area contributed by atoms with E-state index < -0.39 is 6.04 Å². The van der Waals surface area contributed by atoms with Crippen molar-refractivity contribution < 1.29 is 9.21 Å². The Morgan fingerprint density at radius 1 is 1.12 bits per heavy atom. The van der Waals surface area contributed by atoms with Crippen molar-refractivity contribution in [1.29, 1.82) is 0 Å². The van der Waals surface area contributed by atoms with Crippen LogP contribution in [0.3, 0.4) is 0 Å². The second-order valence-corrected chi connectivity index (χ2v) is 10.5. The molecule has 0 saturated heterocycles. The molecule has 2 aromatic carbocycles. The lowest BCUT2D eigenvalue weighted by Crippen LogP contribution is -2.29. The van der Waals surface area contributed by atoms with Gasteiger partial charge >= 0.3 is 0 Å². The van der Waals surface area contributed by atoms with Gasteiger partial charge in [-0.25, -0.2) is 0 Å². The zero-order valence-electron chi connectivity index (χ0n) is 18.8. The van der Waals surface area contributed by atoms with Gasteiger partial charge in [0.1, 0.15) is 10.6 Å². The number of benzene rings is 2. The molecule has 0 bridgehead atoms. The van der Waals surface area contributed by atoms with E-state index in [0.29, 0.717) is 27.6 Å². The quantitative estimate of drug-likeness (QED) is 0.347. The number of fused-ring (bicyclic) bond motifs is 2. The Hall–Kier alpha value is -2.97. The maximum absolute atomic E-state index is 13.7. The van der Waals surface area contributed by atoms with E-state index in [-0.39, 0.29) is 17.1 Å². The third-order valence-electron chi connectivity index (χ3n) is 5.70. The molecule has 5 rings (SSSR count). The Bertz CT molecular complexity index is 1420. The summed E-state index contributed by atoms with van der Waals surface area (Å²) >= 11 is 3.02. The van der Waals surface area contributed by atoms with Crippen LogP contribution in [0.4, 0.5) is 5.13 Å². The van der Waals surface area contributed by atoms with Crippen molar-refractivity contribution in [2.24, 2.45) is 5.92 Å². The zero-order chi connectivity index (χ0) is 23.3. The van der Waals surface area contributed by atoms with Crippen molar-refractivity contribution in [2.45, 2.75) is 38.1 Å². The molecule has 0 fully saturated rings. The van der Waals surface area contributed by atoms with Gasteiger partial charge in [0.25, 0.3) is 5.91 Å². The maximum atomic E-state index is 13.7. The van der Waals surface area contributed by atoms with Crippen LogP contribution in [-0.2, 0) is 6.42 Å². The van der Waals surface area contributed by atoms with Crippen LogP contribution < -0.4 is 10.3 Å². The van der Waals surface area contributed by atoms with Crippen molar-refractivity contribution in [3.8, 4) is 0 Å². The topological polar surface area (TPSA) is 76.3 Å². The predicted octanol–water partition coefficient (Wildman–Crippen LogP) is 5.62. The van der Waals surface area contributed by atoms with Gasteiger partial charge in [-0.05, 0) is 48.9 Å². The fourth-order valence-electron chi connectivity index (χ4n) is 4.16. The number of aromatic nitrogens is 2. The molecular formula is C25H23N3O3S2. The van der Waals surface area contributed by atoms with Gasteiger partial charge in [-0.15, -0.1) is 22.0 Å². The molecule has 0 N–H and O–H groups in total. The molecule has 1 unspecified atom stereocenters. The number of amides is 1. The van der Waals surface area contributed by atoms with Crippen LogP contribution in [0.15, 0.2) is 56.6 Å². The summed E-state index contributed by atoms with van der Waals surface area (Å²) < 4.78 is 6.03. The number of thioether (sulfide) groups is 1. The minimum Gasteiger partial charge on any atom is -0.450 e. The molecule has 33 heavy (non-hydrogen) atoms. The lowest BCUT2D eigenvalue weighted by Gasteiger charge is -2.22. The van der Waals surface area contributed by atoms with E-state index >= 15 is 0 Å². The first-order chi connectivity index (χ1) is 15.9. The predicted molar refractivity (Wildman–Crippen MR) is 133 cm³/mol. The second-order valence-electron chi connectivity index (χ2n) is 8.60. The lowest BCUT2D eigenvalue weighted by atomic mass is 9.98. The Balaban J connectivity index is 1.73. The van der Waals surface area contributed by atoms with Crippen molar-refractivity contribution in [2.75, 3.05) is 11.2 Å². The maximum Gasteiger partial charge on any atom is 0.297 e. The lowest BCUT2D eigenvalue weighted by molar-refractivity contribution is 0.0970. The Morgan fingerprint density at radius 3 is 2.58 bits per heavy atom. The van der Waals surface area contributed by atoms with Crippen molar-refractivity contribution in [1.82, 2.24) is 10.2 Å². The number of anilines is 1. The first kappa shape index (κ1) is 21.9. The zero-order valence-corrected chi connectivity index (χ0v) is 20.4. The average Bonchev–Trinajstić information content (AvgIpc) is 3.36. The van der Waals surface area contributed by atoms with Crippen LogP contribution in [0.2, 0.25) is 0 Å². The molecule has 6 nitrogen and oxygen atoms in total. The van der Waals surface area contributed by atoms with Crippen LogP contribution in [-0.4, -0.2) is 22.4 Å². The van der Waals surface area contributed by atoms with Gasteiger partial charge in [-0.2, -0.15) is 0 Å². The molecule has 1 aliphatic heterocycles. The molecule has 3 heterocycles.